The number of morpholine rings is 1. The third-order valence-electron chi connectivity index (χ3n) is 3.92. The van der Waals surface area contributed by atoms with Gasteiger partial charge in [0.15, 0.2) is 0 Å². The fourth-order valence-corrected chi connectivity index (χ4v) is 2.82. The summed E-state index contributed by atoms with van der Waals surface area (Å²) in [6.45, 7) is 2.90. The minimum Gasteiger partial charge on any atom is -0.378 e. The van der Waals surface area contributed by atoms with Crippen molar-refractivity contribution >= 4 is 11.6 Å². The molecular weight excluding hydrogens is 304 g/mol. The first-order valence-electron chi connectivity index (χ1n) is 7.23. The van der Waals surface area contributed by atoms with Gasteiger partial charge in [-0.25, -0.2) is 4.98 Å². The van der Waals surface area contributed by atoms with Crippen molar-refractivity contribution in [3.63, 3.8) is 0 Å². The summed E-state index contributed by atoms with van der Waals surface area (Å²) >= 11 is 5.96. The molecule has 1 N–H and O–H groups in total. The third kappa shape index (κ3) is 3.47. The maximum absolute atomic E-state index is 5.96. The first kappa shape index (κ1) is 15.4. The molecule has 7 heteroatoms. The lowest BCUT2D eigenvalue weighted by molar-refractivity contribution is -0.0381. The fraction of sp³-hybridized carbons (Fsp3) is 0.467. The fourth-order valence-electron chi connectivity index (χ4n) is 2.69. The van der Waals surface area contributed by atoms with E-state index in [1.165, 1.54) is 6.33 Å². The van der Waals surface area contributed by atoms with Crippen LogP contribution in [0.15, 0.2) is 30.6 Å². The van der Waals surface area contributed by atoms with E-state index in [9.17, 15) is 0 Å². The Kier molecular flexibility index (Phi) is 5.04. The lowest BCUT2D eigenvalue weighted by Crippen LogP contribution is -2.42. The van der Waals surface area contributed by atoms with Gasteiger partial charge >= 0.3 is 0 Å². The van der Waals surface area contributed by atoms with E-state index in [2.05, 4.69) is 20.1 Å². The van der Waals surface area contributed by atoms with Crippen LogP contribution < -0.4 is 0 Å². The molecule has 0 spiro atoms. The summed E-state index contributed by atoms with van der Waals surface area (Å²) in [5.41, 5.74) is 1.11. The molecule has 0 bridgehead atoms. The van der Waals surface area contributed by atoms with Gasteiger partial charge < -0.3 is 9.47 Å². The van der Waals surface area contributed by atoms with E-state index in [-0.39, 0.29) is 12.1 Å². The second-order valence-corrected chi connectivity index (χ2v) is 5.67. The number of methoxy groups -OCH3 is 1. The summed E-state index contributed by atoms with van der Waals surface area (Å²) in [5, 5.41) is 7.60. The normalized spacial score (nSPS) is 20.9. The second kappa shape index (κ2) is 7.19. The van der Waals surface area contributed by atoms with Crippen molar-refractivity contribution in [3.8, 4) is 0 Å². The molecule has 1 aromatic carbocycles. The van der Waals surface area contributed by atoms with Crippen molar-refractivity contribution in [2.75, 3.05) is 33.4 Å². The Morgan fingerprint density at radius 1 is 1.45 bits per heavy atom. The molecule has 0 aliphatic carbocycles. The van der Waals surface area contributed by atoms with Gasteiger partial charge in [0.25, 0.3) is 0 Å². The number of ether oxygens (including phenoxy) is 2. The maximum Gasteiger partial charge on any atom is 0.143 e. The van der Waals surface area contributed by atoms with E-state index in [0.29, 0.717) is 13.2 Å². The first-order chi connectivity index (χ1) is 10.8. The molecule has 1 aliphatic heterocycles. The molecule has 1 aromatic heterocycles. The minimum atomic E-state index is -0.0270. The molecule has 2 atom stereocenters. The van der Waals surface area contributed by atoms with Gasteiger partial charge in [0.1, 0.15) is 12.2 Å². The number of hydrogen-bond donors (Lipinski definition) is 1. The number of benzene rings is 1. The number of hydrogen-bond acceptors (Lipinski definition) is 5. The van der Waals surface area contributed by atoms with Gasteiger partial charge in [-0.3, -0.25) is 10.00 Å². The first-order valence-corrected chi connectivity index (χ1v) is 7.61. The van der Waals surface area contributed by atoms with Gasteiger partial charge in [-0.15, -0.1) is 0 Å². The zero-order chi connectivity index (χ0) is 15.4. The standard InChI is InChI=1S/C15H19ClN4O2/c1-21-14(11-2-4-12(16)5-3-11)8-20-6-7-22-9-13(20)15-17-10-18-19-15/h2-5,10,13-14H,6-9H2,1H3,(H,17,18,19). The van der Waals surface area contributed by atoms with E-state index in [1.807, 2.05) is 24.3 Å². The second-order valence-electron chi connectivity index (χ2n) is 5.23. The van der Waals surface area contributed by atoms with Crippen molar-refractivity contribution in [1.82, 2.24) is 20.1 Å². The van der Waals surface area contributed by atoms with Crippen molar-refractivity contribution in [1.29, 1.82) is 0 Å². The van der Waals surface area contributed by atoms with Crippen LogP contribution in [-0.2, 0) is 9.47 Å². The highest BCUT2D eigenvalue weighted by atomic mass is 35.5. The Balaban J connectivity index is 1.74. The smallest absolute Gasteiger partial charge is 0.143 e. The largest absolute Gasteiger partial charge is 0.378 e. The quantitative estimate of drug-likeness (QED) is 0.914. The predicted octanol–water partition coefficient (Wildman–Crippen LogP) is 2.22. The number of aromatic amines is 1. The van der Waals surface area contributed by atoms with E-state index in [1.54, 1.807) is 7.11 Å². The minimum absolute atomic E-state index is 0.0270. The molecule has 0 amide bonds. The topological polar surface area (TPSA) is 63.3 Å². The summed E-state index contributed by atoms with van der Waals surface area (Å²) in [4.78, 5) is 6.57. The van der Waals surface area contributed by atoms with Gasteiger partial charge in [-0.05, 0) is 17.7 Å². The molecule has 1 saturated heterocycles. The average Bonchev–Trinajstić information content (AvgIpc) is 3.08. The third-order valence-corrected chi connectivity index (χ3v) is 4.17. The summed E-state index contributed by atoms with van der Waals surface area (Å²) in [7, 11) is 1.73. The van der Waals surface area contributed by atoms with E-state index >= 15 is 0 Å². The van der Waals surface area contributed by atoms with Gasteiger partial charge in [0, 0.05) is 25.2 Å². The number of halogens is 1. The molecule has 1 fully saturated rings. The van der Waals surface area contributed by atoms with Crippen LogP contribution in [0.3, 0.4) is 0 Å². The molecule has 2 heterocycles. The van der Waals surface area contributed by atoms with E-state index in [4.69, 9.17) is 21.1 Å². The molecule has 0 radical (unpaired) electrons. The molecule has 22 heavy (non-hydrogen) atoms. The Labute approximate surface area is 134 Å². The lowest BCUT2D eigenvalue weighted by atomic mass is 10.1. The number of H-pyrrole nitrogens is 1. The highest BCUT2D eigenvalue weighted by Gasteiger charge is 2.29. The van der Waals surface area contributed by atoms with Crippen LogP contribution in [-0.4, -0.2) is 53.5 Å². The zero-order valence-electron chi connectivity index (χ0n) is 12.4. The Bertz CT molecular complexity index is 576. The van der Waals surface area contributed by atoms with Crippen LogP contribution in [0.5, 0.6) is 0 Å². The molecule has 3 rings (SSSR count). The van der Waals surface area contributed by atoms with Crippen molar-refractivity contribution in [2.24, 2.45) is 0 Å². The van der Waals surface area contributed by atoms with E-state index < -0.39 is 0 Å². The SMILES string of the molecule is COC(CN1CCOCC1c1ncn[nH]1)c1ccc(Cl)cc1. The van der Waals surface area contributed by atoms with Crippen LogP contribution in [0.4, 0.5) is 0 Å². The summed E-state index contributed by atoms with van der Waals surface area (Å²) in [6.07, 6.45) is 1.50. The molecule has 6 nitrogen and oxygen atoms in total. The zero-order valence-corrected chi connectivity index (χ0v) is 13.2. The van der Waals surface area contributed by atoms with Crippen LogP contribution in [0, 0.1) is 0 Å². The number of aromatic nitrogens is 3. The predicted molar refractivity (Wildman–Crippen MR) is 82.7 cm³/mol. The average molecular weight is 323 g/mol. The van der Waals surface area contributed by atoms with Crippen LogP contribution >= 0.6 is 11.6 Å². The molecule has 118 valence electrons. The maximum atomic E-state index is 5.96. The molecule has 1 aliphatic rings. The molecular formula is C15H19ClN4O2. The van der Waals surface area contributed by atoms with Crippen LogP contribution in [0.25, 0.3) is 0 Å². The Morgan fingerprint density at radius 2 is 2.27 bits per heavy atom. The van der Waals surface area contributed by atoms with Crippen LogP contribution in [0.2, 0.25) is 5.02 Å². The number of nitrogens with zero attached hydrogens (tertiary/aromatic N) is 3. The highest BCUT2D eigenvalue weighted by molar-refractivity contribution is 6.30. The van der Waals surface area contributed by atoms with Gasteiger partial charge in [0.2, 0.25) is 0 Å². The molecule has 0 saturated carbocycles. The highest BCUT2D eigenvalue weighted by Crippen LogP contribution is 2.26. The van der Waals surface area contributed by atoms with E-state index in [0.717, 1.165) is 29.5 Å². The van der Waals surface area contributed by atoms with Gasteiger partial charge in [-0.2, -0.15) is 5.10 Å². The Hall–Kier alpha value is -1.47. The Morgan fingerprint density at radius 3 is 2.95 bits per heavy atom. The summed E-state index contributed by atoms with van der Waals surface area (Å²) in [6, 6.07) is 7.84. The number of nitrogens with one attached hydrogen (secondary N) is 1. The molecule has 2 aromatic rings. The summed E-state index contributed by atoms with van der Waals surface area (Å²) < 4.78 is 11.3. The van der Waals surface area contributed by atoms with Gasteiger partial charge in [-0.1, -0.05) is 23.7 Å². The summed E-state index contributed by atoms with van der Waals surface area (Å²) in [5.74, 6) is 0.825. The monoisotopic (exact) mass is 322 g/mol. The van der Waals surface area contributed by atoms with Gasteiger partial charge in [0.05, 0.1) is 25.4 Å². The lowest BCUT2D eigenvalue weighted by Gasteiger charge is -2.36. The van der Waals surface area contributed by atoms with Crippen molar-refractivity contribution < 1.29 is 9.47 Å². The van der Waals surface area contributed by atoms with Crippen LogP contribution in [0.1, 0.15) is 23.5 Å². The molecule has 2 unspecified atom stereocenters. The van der Waals surface area contributed by atoms with Crippen molar-refractivity contribution in [2.45, 2.75) is 12.1 Å². The van der Waals surface area contributed by atoms with Crippen molar-refractivity contribution in [3.05, 3.63) is 47.0 Å². The number of rotatable bonds is 5.